The van der Waals surface area contributed by atoms with Crippen LogP contribution < -0.4 is 5.32 Å². The standard InChI is InChI=1S/C7H14N2O2S.ClH/c1-12(10,11)9-4-6-2-8-3-7(6)5-9;/h6-8H,2-5H2,1H3;1H. The first-order valence-electron chi connectivity index (χ1n) is 4.23. The minimum atomic E-state index is -2.94. The zero-order chi connectivity index (χ0) is 8.77. The van der Waals surface area contributed by atoms with Crippen LogP contribution in [0.25, 0.3) is 0 Å². The summed E-state index contributed by atoms with van der Waals surface area (Å²) in [6.45, 7) is 3.40. The van der Waals surface area contributed by atoms with Gasteiger partial charge in [0.15, 0.2) is 0 Å². The van der Waals surface area contributed by atoms with Crippen LogP contribution in [0.1, 0.15) is 0 Å². The van der Waals surface area contributed by atoms with E-state index in [9.17, 15) is 8.42 Å². The van der Waals surface area contributed by atoms with Crippen molar-refractivity contribution in [2.75, 3.05) is 32.4 Å². The molecule has 2 rings (SSSR count). The van der Waals surface area contributed by atoms with Crippen molar-refractivity contribution in [1.29, 1.82) is 0 Å². The third-order valence-electron chi connectivity index (χ3n) is 2.83. The van der Waals surface area contributed by atoms with E-state index in [1.165, 1.54) is 6.26 Å². The Morgan fingerprint density at radius 3 is 2.08 bits per heavy atom. The summed E-state index contributed by atoms with van der Waals surface area (Å²) in [6.07, 6.45) is 1.29. The topological polar surface area (TPSA) is 49.4 Å². The summed E-state index contributed by atoms with van der Waals surface area (Å²) < 4.78 is 23.9. The average molecular weight is 227 g/mol. The monoisotopic (exact) mass is 226 g/mol. The van der Waals surface area contributed by atoms with Crippen molar-refractivity contribution in [3.05, 3.63) is 0 Å². The van der Waals surface area contributed by atoms with Gasteiger partial charge in [-0.1, -0.05) is 0 Å². The fraction of sp³-hybridized carbons (Fsp3) is 1.00. The second kappa shape index (κ2) is 3.73. The van der Waals surface area contributed by atoms with Gasteiger partial charge in [0.05, 0.1) is 6.26 Å². The van der Waals surface area contributed by atoms with Gasteiger partial charge in [-0.3, -0.25) is 0 Å². The molecule has 2 unspecified atom stereocenters. The summed E-state index contributed by atoms with van der Waals surface area (Å²) in [4.78, 5) is 0. The van der Waals surface area contributed by atoms with Gasteiger partial charge >= 0.3 is 0 Å². The first-order valence-corrected chi connectivity index (χ1v) is 6.08. The maximum Gasteiger partial charge on any atom is 0.211 e. The number of fused-ring (bicyclic) bond motifs is 1. The Hall–Kier alpha value is 0.160. The van der Waals surface area contributed by atoms with Crippen molar-refractivity contribution in [2.45, 2.75) is 0 Å². The van der Waals surface area contributed by atoms with Crippen LogP contribution in [-0.2, 0) is 10.0 Å². The molecule has 0 aromatic rings. The highest BCUT2D eigenvalue weighted by atomic mass is 35.5. The fourth-order valence-electron chi connectivity index (χ4n) is 2.08. The van der Waals surface area contributed by atoms with Crippen LogP contribution in [0.2, 0.25) is 0 Å². The molecule has 13 heavy (non-hydrogen) atoms. The lowest BCUT2D eigenvalue weighted by Gasteiger charge is -2.13. The fourth-order valence-corrected chi connectivity index (χ4v) is 3.01. The lowest BCUT2D eigenvalue weighted by atomic mass is 10.0. The third-order valence-corrected chi connectivity index (χ3v) is 4.06. The van der Waals surface area contributed by atoms with Crippen molar-refractivity contribution in [1.82, 2.24) is 9.62 Å². The van der Waals surface area contributed by atoms with E-state index >= 15 is 0 Å². The lowest BCUT2D eigenvalue weighted by Crippen LogP contribution is -2.30. The van der Waals surface area contributed by atoms with E-state index in [4.69, 9.17) is 0 Å². The minimum Gasteiger partial charge on any atom is -0.316 e. The Morgan fingerprint density at radius 2 is 1.69 bits per heavy atom. The SMILES string of the molecule is CS(=O)(=O)N1CC2CNCC2C1.Cl. The minimum absolute atomic E-state index is 0. The molecule has 2 heterocycles. The van der Waals surface area contributed by atoms with E-state index in [1.54, 1.807) is 4.31 Å². The summed E-state index contributed by atoms with van der Waals surface area (Å²) in [6, 6.07) is 0. The largest absolute Gasteiger partial charge is 0.316 e. The molecule has 2 aliphatic rings. The molecule has 78 valence electrons. The number of halogens is 1. The highest BCUT2D eigenvalue weighted by molar-refractivity contribution is 7.88. The van der Waals surface area contributed by atoms with Gasteiger partial charge in [-0.05, 0) is 24.9 Å². The number of hydrogen-bond donors (Lipinski definition) is 1. The van der Waals surface area contributed by atoms with E-state index in [1.807, 2.05) is 0 Å². The molecule has 0 aliphatic carbocycles. The highest BCUT2D eigenvalue weighted by Crippen LogP contribution is 2.27. The molecule has 0 aromatic carbocycles. The van der Waals surface area contributed by atoms with Crippen LogP contribution in [0.4, 0.5) is 0 Å². The number of nitrogens with zero attached hydrogens (tertiary/aromatic N) is 1. The summed E-state index contributed by atoms with van der Waals surface area (Å²) >= 11 is 0. The maximum atomic E-state index is 11.2. The molecule has 2 saturated heterocycles. The molecule has 6 heteroatoms. The van der Waals surface area contributed by atoms with Gasteiger partial charge in [0.2, 0.25) is 10.0 Å². The van der Waals surface area contributed by atoms with E-state index in [0.29, 0.717) is 11.8 Å². The van der Waals surface area contributed by atoms with E-state index in [2.05, 4.69) is 5.32 Å². The van der Waals surface area contributed by atoms with E-state index in [-0.39, 0.29) is 12.4 Å². The van der Waals surface area contributed by atoms with Gasteiger partial charge in [-0.25, -0.2) is 12.7 Å². The second-order valence-corrected chi connectivity index (χ2v) is 5.74. The maximum absolute atomic E-state index is 11.2. The molecule has 0 spiro atoms. The molecule has 0 amide bonds. The molecular formula is C7H15ClN2O2S. The molecule has 2 atom stereocenters. The third kappa shape index (κ3) is 2.15. The molecule has 0 radical (unpaired) electrons. The van der Waals surface area contributed by atoms with Gasteiger partial charge in [0.25, 0.3) is 0 Å². The zero-order valence-corrected chi connectivity index (χ0v) is 9.20. The molecule has 0 aromatic heterocycles. The lowest BCUT2D eigenvalue weighted by molar-refractivity contribution is 0.452. The van der Waals surface area contributed by atoms with Crippen LogP contribution in [0, 0.1) is 11.8 Å². The summed E-state index contributed by atoms with van der Waals surface area (Å²) in [5.74, 6) is 1.11. The molecule has 0 saturated carbocycles. The number of hydrogen-bond acceptors (Lipinski definition) is 3. The summed E-state index contributed by atoms with van der Waals surface area (Å²) in [5, 5.41) is 3.27. The molecular weight excluding hydrogens is 212 g/mol. The molecule has 4 nitrogen and oxygen atoms in total. The van der Waals surface area contributed by atoms with Crippen LogP contribution in [0.5, 0.6) is 0 Å². The van der Waals surface area contributed by atoms with Gasteiger partial charge in [0.1, 0.15) is 0 Å². The Bertz CT molecular complexity index is 268. The summed E-state index contributed by atoms with van der Waals surface area (Å²) in [5.41, 5.74) is 0. The Morgan fingerprint density at radius 1 is 1.23 bits per heavy atom. The van der Waals surface area contributed by atoms with E-state index in [0.717, 1.165) is 26.2 Å². The average Bonchev–Trinajstić information content (AvgIpc) is 2.37. The van der Waals surface area contributed by atoms with Crippen molar-refractivity contribution < 1.29 is 8.42 Å². The molecule has 0 bridgehead atoms. The first kappa shape index (κ1) is 11.2. The van der Waals surface area contributed by atoms with Crippen molar-refractivity contribution in [3.63, 3.8) is 0 Å². The first-order chi connectivity index (χ1) is 5.57. The zero-order valence-electron chi connectivity index (χ0n) is 7.56. The Labute approximate surface area is 85.1 Å². The number of rotatable bonds is 1. The van der Waals surface area contributed by atoms with Gasteiger partial charge in [-0.2, -0.15) is 0 Å². The molecule has 1 N–H and O–H groups in total. The molecule has 2 fully saturated rings. The predicted octanol–water partition coefficient (Wildman–Crippen LogP) is -0.481. The second-order valence-electron chi connectivity index (χ2n) is 3.76. The van der Waals surface area contributed by atoms with Crippen LogP contribution in [0.15, 0.2) is 0 Å². The van der Waals surface area contributed by atoms with Gasteiger partial charge < -0.3 is 5.32 Å². The van der Waals surface area contributed by atoms with Crippen molar-refractivity contribution in [3.8, 4) is 0 Å². The number of nitrogens with one attached hydrogen (secondary N) is 1. The van der Waals surface area contributed by atoms with E-state index < -0.39 is 10.0 Å². The number of sulfonamides is 1. The smallest absolute Gasteiger partial charge is 0.211 e. The van der Waals surface area contributed by atoms with Crippen LogP contribution >= 0.6 is 12.4 Å². The van der Waals surface area contributed by atoms with Crippen molar-refractivity contribution in [2.24, 2.45) is 11.8 Å². The van der Waals surface area contributed by atoms with Crippen LogP contribution in [0.3, 0.4) is 0 Å². The van der Waals surface area contributed by atoms with Gasteiger partial charge in [-0.15, -0.1) is 12.4 Å². The quantitative estimate of drug-likeness (QED) is 0.657. The normalized spacial score (nSPS) is 34.2. The van der Waals surface area contributed by atoms with Crippen molar-refractivity contribution >= 4 is 22.4 Å². The Balaban J connectivity index is 0.000000845. The molecule has 2 aliphatic heterocycles. The highest BCUT2D eigenvalue weighted by Gasteiger charge is 2.39. The Kier molecular flexibility index (Phi) is 3.22. The summed E-state index contributed by atoms with van der Waals surface area (Å²) in [7, 11) is -2.94. The van der Waals surface area contributed by atoms with Gasteiger partial charge in [0, 0.05) is 13.1 Å². The van der Waals surface area contributed by atoms with Crippen LogP contribution in [-0.4, -0.2) is 45.2 Å². The predicted molar refractivity (Wildman–Crippen MR) is 53.5 cm³/mol.